The van der Waals surface area contributed by atoms with Gasteiger partial charge in [0.2, 0.25) is 15.0 Å². The molecule has 20 heavy (non-hydrogen) atoms. The zero-order valence-corrected chi connectivity index (χ0v) is 12.4. The van der Waals surface area contributed by atoms with Crippen LogP contribution in [0.25, 0.3) is 0 Å². The molecule has 0 bridgehead atoms. The minimum atomic E-state index is -3.43. The molecule has 0 amide bonds. The Balaban J connectivity index is 1.88. The molecule has 1 aromatic rings. The van der Waals surface area contributed by atoms with Crippen LogP contribution in [0.4, 0.5) is 5.69 Å². The lowest BCUT2D eigenvalue weighted by Crippen LogP contribution is -2.40. The number of nitrogens with zero attached hydrogens (tertiary/aromatic N) is 3. The number of para-hydroxylation sites is 1. The van der Waals surface area contributed by atoms with Gasteiger partial charge in [0.05, 0.1) is 5.69 Å². The Labute approximate surface area is 119 Å². The molecule has 2 heterocycles. The van der Waals surface area contributed by atoms with Gasteiger partial charge >= 0.3 is 0 Å². The van der Waals surface area contributed by atoms with Crippen molar-refractivity contribution < 1.29 is 8.42 Å². The van der Waals surface area contributed by atoms with Crippen LogP contribution in [0.2, 0.25) is 0 Å². The highest BCUT2D eigenvalue weighted by atomic mass is 32.2. The van der Waals surface area contributed by atoms with Gasteiger partial charge in [-0.3, -0.25) is 0 Å². The molecule has 6 heteroatoms. The van der Waals surface area contributed by atoms with Crippen molar-refractivity contribution >= 4 is 20.7 Å². The van der Waals surface area contributed by atoms with Crippen LogP contribution in [0, 0.1) is 0 Å². The zero-order valence-electron chi connectivity index (χ0n) is 11.6. The van der Waals surface area contributed by atoms with E-state index in [0.717, 1.165) is 39.0 Å². The fraction of sp³-hybridized carbons (Fsp3) is 0.500. The Kier molecular flexibility index (Phi) is 3.52. The predicted octanol–water partition coefficient (Wildman–Crippen LogP) is 1.49. The zero-order chi connectivity index (χ0) is 14.2. The van der Waals surface area contributed by atoms with Crippen molar-refractivity contribution in [3.05, 3.63) is 24.3 Å². The molecule has 0 aliphatic carbocycles. The molecule has 0 spiro atoms. The van der Waals surface area contributed by atoms with E-state index < -0.39 is 9.84 Å². The van der Waals surface area contributed by atoms with Crippen LogP contribution in [0.15, 0.2) is 34.2 Å². The summed E-state index contributed by atoms with van der Waals surface area (Å²) in [5.41, 5.74) is 0.571. The first-order valence-electron chi connectivity index (χ1n) is 6.95. The molecule has 0 unspecified atom stereocenters. The van der Waals surface area contributed by atoms with Gasteiger partial charge in [-0.1, -0.05) is 12.1 Å². The van der Waals surface area contributed by atoms with Crippen LogP contribution in [0.5, 0.6) is 0 Å². The summed E-state index contributed by atoms with van der Waals surface area (Å²) in [5.74, 6) is 0. The van der Waals surface area contributed by atoms with Gasteiger partial charge in [-0.15, -0.1) is 0 Å². The van der Waals surface area contributed by atoms with Gasteiger partial charge in [0.25, 0.3) is 0 Å². The quantitative estimate of drug-likeness (QED) is 0.727. The smallest absolute Gasteiger partial charge is 0.241 e. The van der Waals surface area contributed by atoms with Crippen molar-refractivity contribution in [2.24, 2.45) is 4.99 Å². The number of sulfone groups is 1. The van der Waals surface area contributed by atoms with E-state index in [9.17, 15) is 8.42 Å². The van der Waals surface area contributed by atoms with Gasteiger partial charge in [-0.25, -0.2) is 13.4 Å². The lowest BCUT2D eigenvalue weighted by molar-refractivity contribution is 0.260. The van der Waals surface area contributed by atoms with Crippen LogP contribution in [-0.4, -0.2) is 56.6 Å². The molecule has 1 aromatic carbocycles. The van der Waals surface area contributed by atoms with E-state index >= 15 is 0 Å². The van der Waals surface area contributed by atoms with Gasteiger partial charge in [0.15, 0.2) is 0 Å². The third-order valence-corrected chi connectivity index (χ3v) is 5.57. The Bertz CT molecular complexity index is 630. The van der Waals surface area contributed by atoms with Crippen LogP contribution in [-0.2, 0) is 9.84 Å². The lowest BCUT2D eigenvalue weighted by atomic mass is 10.2. The monoisotopic (exact) mass is 293 g/mol. The van der Waals surface area contributed by atoms with E-state index in [1.165, 1.54) is 0 Å². The van der Waals surface area contributed by atoms with E-state index in [0.29, 0.717) is 10.6 Å². The average molecular weight is 293 g/mol. The first kappa shape index (κ1) is 13.6. The maximum atomic E-state index is 12.6. The summed E-state index contributed by atoms with van der Waals surface area (Å²) in [4.78, 5) is 8.92. The topological polar surface area (TPSA) is 53.0 Å². The summed E-state index contributed by atoms with van der Waals surface area (Å²) in [6.07, 6.45) is 1.92. The summed E-state index contributed by atoms with van der Waals surface area (Å²) >= 11 is 0. The van der Waals surface area contributed by atoms with Gasteiger partial charge < -0.3 is 9.80 Å². The summed E-state index contributed by atoms with van der Waals surface area (Å²) in [6.45, 7) is 3.49. The highest BCUT2D eigenvalue weighted by Gasteiger charge is 2.35. The highest BCUT2D eigenvalue weighted by Crippen LogP contribution is 2.33. The molecule has 0 saturated carbocycles. The molecule has 2 aliphatic heterocycles. The van der Waals surface area contributed by atoms with Crippen molar-refractivity contribution in [3.8, 4) is 0 Å². The van der Waals surface area contributed by atoms with E-state index in [4.69, 9.17) is 0 Å². The minimum absolute atomic E-state index is 0.239. The molecule has 0 radical (unpaired) electrons. The number of hydrogen-bond donors (Lipinski definition) is 0. The third kappa shape index (κ3) is 2.33. The summed E-state index contributed by atoms with van der Waals surface area (Å²) < 4.78 is 25.1. The second-order valence-corrected chi connectivity index (χ2v) is 7.17. The Hall–Kier alpha value is -1.40. The molecule has 0 N–H and O–H groups in total. The van der Waals surface area contributed by atoms with Crippen LogP contribution < -0.4 is 0 Å². The Morgan fingerprint density at radius 1 is 1.05 bits per heavy atom. The number of fused-ring (bicyclic) bond motifs is 1. The SMILES string of the molecule is CN1CCCN(C2=Nc3ccccc3S2(=O)=O)CCC1. The second kappa shape index (κ2) is 5.18. The van der Waals surface area contributed by atoms with Crippen molar-refractivity contribution in [1.29, 1.82) is 0 Å². The summed E-state index contributed by atoms with van der Waals surface area (Å²) in [6, 6.07) is 6.97. The molecule has 0 atom stereocenters. The number of amidine groups is 1. The number of hydrogen-bond acceptors (Lipinski definition) is 5. The predicted molar refractivity (Wildman–Crippen MR) is 79.0 cm³/mol. The third-order valence-electron chi connectivity index (χ3n) is 3.82. The summed E-state index contributed by atoms with van der Waals surface area (Å²) in [5, 5.41) is 0.239. The fourth-order valence-corrected chi connectivity index (χ4v) is 4.34. The van der Waals surface area contributed by atoms with Gasteiger partial charge in [0.1, 0.15) is 4.90 Å². The van der Waals surface area contributed by atoms with E-state index in [2.05, 4.69) is 16.9 Å². The van der Waals surface area contributed by atoms with Crippen molar-refractivity contribution in [1.82, 2.24) is 9.80 Å². The Morgan fingerprint density at radius 2 is 1.70 bits per heavy atom. The molecule has 5 nitrogen and oxygen atoms in total. The largest absolute Gasteiger partial charge is 0.347 e. The van der Waals surface area contributed by atoms with E-state index in [-0.39, 0.29) is 5.17 Å². The lowest BCUT2D eigenvalue weighted by Gasteiger charge is -2.29. The van der Waals surface area contributed by atoms with Crippen molar-refractivity contribution in [2.45, 2.75) is 17.7 Å². The standard InChI is InChI=1S/C14H19N3O2S/c1-16-8-4-10-17(11-5-9-16)14-15-12-6-2-3-7-13(12)20(14,18)19/h2-3,6-7H,4-5,8-11H2,1H3. The van der Waals surface area contributed by atoms with Crippen molar-refractivity contribution in [3.63, 3.8) is 0 Å². The second-order valence-electron chi connectivity index (χ2n) is 5.36. The van der Waals surface area contributed by atoms with Gasteiger partial charge in [0, 0.05) is 13.1 Å². The molecular formula is C14H19N3O2S. The molecule has 3 rings (SSSR count). The molecule has 0 aromatic heterocycles. The van der Waals surface area contributed by atoms with E-state index in [1.54, 1.807) is 18.2 Å². The fourth-order valence-electron chi connectivity index (χ4n) is 2.76. The first-order chi connectivity index (χ1) is 9.59. The number of aliphatic imine (C=N–C) groups is 1. The molecule has 1 fully saturated rings. The van der Waals surface area contributed by atoms with Crippen LogP contribution >= 0.6 is 0 Å². The molecule has 2 aliphatic rings. The molecule has 108 valence electrons. The normalized spacial score (nSPS) is 22.9. The maximum absolute atomic E-state index is 12.6. The number of benzene rings is 1. The minimum Gasteiger partial charge on any atom is -0.347 e. The first-order valence-corrected chi connectivity index (χ1v) is 8.44. The van der Waals surface area contributed by atoms with E-state index in [1.807, 2.05) is 11.0 Å². The summed E-state index contributed by atoms with van der Waals surface area (Å²) in [7, 11) is -1.32. The maximum Gasteiger partial charge on any atom is 0.241 e. The number of rotatable bonds is 0. The van der Waals surface area contributed by atoms with Gasteiger partial charge in [-0.05, 0) is 45.1 Å². The van der Waals surface area contributed by atoms with Crippen molar-refractivity contribution in [2.75, 3.05) is 33.2 Å². The van der Waals surface area contributed by atoms with Crippen LogP contribution in [0.1, 0.15) is 12.8 Å². The Morgan fingerprint density at radius 3 is 2.35 bits per heavy atom. The van der Waals surface area contributed by atoms with Gasteiger partial charge in [-0.2, -0.15) is 0 Å². The molecular weight excluding hydrogens is 274 g/mol. The average Bonchev–Trinajstić information content (AvgIpc) is 2.66. The highest BCUT2D eigenvalue weighted by molar-refractivity contribution is 8.06. The van der Waals surface area contributed by atoms with Crippen LogP contribution in [0.3, 0.4) is 0 Å². The molecule has 1 saturated heterocycles.